The van der Waals surface area contributed by atoms with Gasteiger partial charge in [-0.3, -0.25) is 9.36 Å². The first-order chi connectivity index (χ1) is 9.15. The summed E-state index contributed by atoms with van der Waals surface area (Å²) in [6.45, 7) is 7.90. The molecule has 2 rings (SSSR count). The van der Waals surface area contributed by atoms with Crippen LogP contribution in [0.2, 0.25) is 0 Å². The molecule has 2 heterocycles. The third-order valence-electron chi connectivity index (χ3n) is 3.15. The van der Waals surface area contributed by atoms with Gasteiger partial charge in [-0.05, 0) is 26.3 Å². The van der Waals surface area contributed by atoms with E-state index in [1.54, 1.807) is 6.33 Å². The van der Waals surface area contributed by atoms with E-state index in [4.69, 9.17) is 5.73 Å². The topological polar surface area (TPSA) is 74.6 Å². The monoisotopic (exact) mass is 262 g/mol. The van der Waals surface area contributed by atoms with Crippen molar-refractivity contribution in [2.45, 2.75) is 52.7 Å². The first kappa shape index (κ1) is 13.7. The Morgan fingerprint density at radius 1 is 1.32 bits per heavy atom. The number of aryl methyl sites for hydroxylation is 3. The average molecular weight is 262 g/mol. The number of hydrogen-bond acceptors (Lipinski definition) is 4. The van der Waals surface area contributed by atoms with E-state index in [1.165, 1.54) is 0 Å². The van der Waals surface area contributed by atoms with Gasteiger partial charge in [0.25, 0.3) is 0 Å². The van der Waals surface area contributed by atoms with Gasteiger partial charge in [-0.2, -0.15) is 10.2 Å². The highest BCUT2D eigenvalue weighted by atomic mass is 15.3. The van der Waals surface area contributed by atoms with Crippen molar-refractivity contribution < 1.29 is 0 Å². The highest BCUT2D eigenvalue weighted by molar-refractivity contribution is 5.14. The Morgan fingerprint density at radius 2 is 2.11 bits per heavy atom. The molecule has 2 aromatic heterocycles. The number of nitrogens with zero attached hydrogens (tertiary/aromatic N) is 5. The van der Waals surface area contributed by atoms with Crippen LogP contribution >= 0.6 is 0 Å². The van der Waals surface area contributed by atoms with Gasteiger partial charge >= 0.3 is 0 Å². The maximum Gasteiger partial charge on any atom is 0.138 e. The molecule has 1 atom stereocenters. The first-order valence-corrected chi connectivity index (χ1v) is 6.82. The molecular formula is C13H22N6. The molecule has 0 saturated heterocycles. The van der Waals surface area contributed by atoms with Crippen LogP contribution in [0, 0.1) is 6.92 Å². The largest absolute Gasteiger partial charge is 0.322 e. The zero-order chi connectivity index (χ0) is 13.8. The van der Waals surface area contributed by atoms with Gasteiger partial charge < -0.3 is 5.73 Å². The SMILES string of the molecule is CCCn1ncnc1CC(N)c1cc(C)nn1CC. The third-order valence-corrected chi connectivity index (χ3v) is 3.15. The average Bonchev–Trinajstić information content (AvgIpc) is 2.97. The molecule has 0 radical (unpaired) electrons. The van der Waals surface area contributed by atoms with Crippen molar-refractivity contribution >= 4 is 0 Å². The molecule has 0 bridgehead atoms. The zero-order valence-corrected chi connectivity index (χ0v) is 11.9. The van der Waals surface area contributed by atoms with Gasteiger partial charge in [0, 0.05) is 19.5 Å². The highest BCUT2D eigenvalue weighted by Gasteiger charge is 2.16. The van der Waals surface area contributed by atoms with Crippen LogP contribution in [-0.2, 0) is 19.5 Å². The van der Waals surface area contributed by atoms with E-state index in [2.05, 4.69) is 35.1 Å². The van der Waals surface area contributed by atoms with E-state index < -0.39 is 0 Å². The summed E-state index contributed by atoms with van der Waals surface area (Å²) in [5.74, 6) is 0.941. The van der Waals surface area contributed by atoms with Crippen molar-refractivity contribution in [3.05, 3.63) is 29.6 Å². The molecule has 0 aliphatic rings. The highest BCUT2D eigenvalue weighted by Crippen LogP contribution is 2.16. The number of rotatable bonds is 6. The smallest absolute Gasteiger partial charge is 0.138 e. The number of hydrogen-bond donors (Lipinski definition) is 1. The standard InChI is InChI=1S/C13H22N6/c1-4-6-19-13(15-9-16-19)8-11(14)12-7-10(3)17-18(12)5-2/h7,9,11H,4-6,8,14H2,1-3H3. The Kier molecular flexibility index (Phi) is 4.31. The van der Waals surface area contributed by atoms with Crippen molar-refractivity contribution in [3.63, 3.8) is 0 Å². The van der Waals surface area contributed by atoms with Gasteiger partial charge in [0.2, 0.25) is 0 Å². The predicted molar refractivity (Wildman–Crippen MR) is 73.6 cm³/mol. The van der Waals surface area contributed by atoms with Crippen molar-refractivity contribution in [1.82, 2.24) is 24.5 Å². The molecule has 0 spiro atoms. The lowest BCUT2D eigenvalue weighted by atomic mass is 10.1. The fourth-order valence-corrected chi connectivity index (χ4v) is 2.26. The summed E-state index contributed by atoms with van der Waals surface area (Å²) >= 11 is 0. The molecule has 0 saturated carbocycles. The van der Waals surface area contributed by atoms with Crippen LogP contribution in [0.1, 0.15) is 43.5 Å². The molecule has 0 aliphatic heterocycles. The molecular weight excluding hydrogens is 240 g/mol. The van der Waals surface area contributed by atoms with Gasteiger partial charge in [-0.25, -0.2) is 4.98 Å². The van der Waals surface area contributed by atoms with E-state index in [0.29, 0.717) is 6.42 Å². The second-order valence-corrected chi connectivity index (χ2v) is 4.74. The fourth-order valence-electron chi connectivity index (χ4n) is 2.26. The molecule has 6 nitrogen and oxygen atoms in total. The summed E-state index contributed by atoms with van der Waals surface area (Å²) in [7, 11) is 0. The summed E-state index contributed by atoms with van der Waals surface area (Å²) in [6, 6.07) is 1.95. The second kappa shape index (κ2) is 5.97. The van der Waals surface area contributed by atoms with Crippen LogP contribution in [0.4, 0.5) is 0 Å². The Morgan fingerprint density at radius 3 is 2.79 bits per heavy atom. The van der Waals surface area contributed by atoms with Crippen LogP contribution in [0.25, 0.3) is 0 Å². The molecule has 2 aromatic rings. The summed E-state index contributed by atoms with van der Waals surface area (Å²) in [6.07, 6.45) is 3.32. The van der Waals surface area contributed by atoms with Crippen molar-refractivity contribution in [3.8, 4) is 0 Å². The zero-order valence-electron chi connectivity index (χ0n) is 11.9. The summed E-state index contributed by atoms with van der Waals surface area (Å²) in [5, 5.41) is 8.66. The Hall–Kier alpha value is -1.69. The van der Waals surface area contributed by atoms with E-state index >= 15 is 0 Å². The van der Waals surface area contributed by atoms with Gasteiger partial charge in [0.05, 0.1) is 17.4 Å². The van der Waals surface area contributed by atoms with Crippen molar-refractivity contribution in [2.24, 2.45) is 5.73 Å². The van der Waals surface area contributed by atoms with Crippen molar-refractivity contribution in [2.75, 3.05) is 0 Å². The number of aromatic nitrogens is 5. The van der Waals surface area contributed by atoms with Gasteiger partial charge in [-0.15, -0.1) is 0 Å². The quantitative estimate of drug-likeness (QED) is 0.855. The molecule has 6 heteroatoms. The van der Waals surface area contributed by atoms with Crippen molar-refractivity contribution in [1.29, 1.82) is 0 Å². The van der Waals surface area contributed by atoms with Crippen LogP contribution in [0.5, 0.6) is 0 Å². The molecule has 1 unspecified atom stereocenters. The molecule has 2 N–H and O–H groups in total. The van der Waals surface area contributed by atoms with E-state index in [9.17, 15) is 0 Å². The molecule has 104 valence electrons. The fraction of sp³-hybridized carbons (Fsp3) is 0.615. The Labute approximate surface area is 113 Å². The minimum atomic E-state index is -0.0963. The molecule has 0 aliphatic carbocycles. The van der Waals surface area contributed by atoms with E-state index in [1.807, 2.05) is 16.3 Å². The predicted octanol–water partition coefficient (Wildman–Crippen LogP) is 1.46. The molecule has 19 heavy (non-hydrogen) atoms. The molecule has 0 amide bonds. The lowest BCUT2D eigenvalue weighted by molar-refractivity contribution is 0.522. The number of nitrogens with two attached hydrogens (primary N) is 1. The van der Waals surface area contributed by atoms with E-state index in [-0.39, 0.29) is 6.04 Å². The summed E-state index contributed by atoms with van der Waals surface area (Å²) < 4.78 is 3.89. The minimum absolute atomic E-state index is 0.0963. The maximum absolute atomic E-state index is 6.30. The summed E-state index contributed by atoms with van der Waals surface area (Å²) in [5.41, 5.74) is 8.36. The Bertz CT molecular complexity index is 527. The van der Waals surface area contributed by atoms with Crippen LogP contribution in [0.15, 0.2) is 12.4 Å². The van der Waals surface area contributed by atoms with E-state index in [0.717, 1.165) is 36.7 Å². The second-order valence-electron chi connectivity index (χ2n) is 4.74. The molecule has 0 fully saturated rings. The molecule has 0 aromatic carbocycles. The maximum atomic E-state index is 6.30. The summed E-state index contributed by atoms with van der Waals surface area (Å²) in [4.78, 5) is 4.30. The van der Waals surface area contributed by atoms with Crippen LogP contribution < -0.4 is 5.73 Å². The normalized spacial score (nSPS) is 12.8. The van der Waals surface area contributed by atoms with Crippen LogP contribution in [-0.4, -0.2) is 24.5 Å². The first-order valence-electron chi connectivity index (χ1n) is 6.82. The minimum Gasteiger partial charge on any atom is -0.322 e. The van der Waals surface area contributed by atoms with Gasteiger partial charge in [-0.1, -0.05) is 6.92 Å². The lowest BCUT2D eigenvalue weighted by Gasteiger charge is -2.13. The van der Waals surface area contributed by atoms with Gasteiger partial charge in [0.15, 0.2) is 0 Å². The van der Waals surface area contributed by atoms with Crippen LogP contribution in [0.3, 0.4) is 0 Å². The van der Waals surface area contributed by atoms with Gasteiger partial charge in [0.1, 0.15) is 12.2 Å². The Balaban J connectivity index is 2.15. The third kappa shape index (κ3) is 3.01. The lowest BCUT2D eigenvalue weighted by Crippen LogP contribution is -2.20.